The van der Waals surface area contributed by atoms with Gasteiger partial charge in [-0.3, -0.25) is 5.10 Å². The minimum absolute atomic E-state index is 0.474. The molecule has 2 heterocycles. The van der Waals surface area contributed by atoms with Crippen LogP contribution in [0.4, 0.5) is 5.82 Å². The molecule has 0 unspecified atom stereocenters. The van der Waals surface area contributed by atoms with Gasteiger partial charge in [-0.15, -0.1) is 0 Å². The summed E-state index contributed by atoms with van der Waals surface area (Å²) in [5.74, 6) is 4.21. The first-order valence-corrected chi connectivity index (χ1v) is 8.64. The number of nitrogens with zero attached hydrogens (tertiary/aromatic N) is 1. The lowest BCUT2D eigenvalue weighted by Crippen LogP contribution is -2.49. The number of rotatable bonds is 1. The van der Waals surface area contributed by atoms with Crippen LogP contribution in [0, 0.1) is 17.8 Å². The number of aromatic amines is 1. The monoisotopic (exact) mass is 271 g/mol. The molecule has 1 aliphatic heterocycles. The Hall–Kier alpha value is -0.990. The van der Waals surface area contributed by atoms with Crippen molar-refractivity contribution in [2.75, 3.05) is 11.9 Å². The summed E-state index contributed by atoms with van der Waals surface area (Å²) in [6, 6.07) is 0. The molecular weight excluding hydrogens is 246 g/mol. The van der Waals surface area contributed by atoms with Gasteiger partial charge >= 0.3 is 0 Å². The molecule has 0 spiro atoms. The second-order valence-corrected chi connectivity index (χ2v) is 8.01. The third-order valence-electron chi connectivity index (χ3n) is 6.58. The van der Waals surface area contributed by atoms with Crippen LogP contribution in [0.1, 0.15) is 62.6 Å². The fourth-order valence-electron chi connectivity index (χ4n) is 6.24. The molecule has 3 nitrogen and oxygen atoms in total. The van der Waals surface area contributed by atoms with Gasteiger partial charge in [0.25, 0.3) is 0 Å². The Bertz CT molecular complexity index is 495. The Morgan fingerprint density at radius 2 is 1.65 bits per heavy atom. The van der Waals surface area contributed by atoms with Crippen molar-refractivity contribution in [3.8, 4) is 0 Å². The first-order valence-electron chi connectivity index (χ1n) is 8.64. The van der Waals surface area contributed by atoms with E-state index < -0.39 is 0 Å². The van der Waals surface area contributed by atoms with Crippen molar-refractivity contribution in [3.63, 3.8) is 0 Å². The highest BCUT2D eigenvalue weighted by atomic mass is 15.2. The number of aromatic nitrogens is 2. The molecule has 0 radical (unpaired) electrons. The second-order valence-electron chi connectivity index (χ2n) is 8.01. The molecule has 1 aromatic heterocycles. The molecule has 3 heteroatoms. The van der Waals surface area contributed by atoms with Crippen LogP contribution >= 0.6 is 0 Å². The third-order valence-corrected chi connectivity index (χ3v) is 6.58. The molecule has 6 rings (SSSR count). The Kier molecular flexibility index (Phi) is 2.34. The summed E-state index contributed by atoms with van der Waals surface area (Å²) in [6.07, 6.45) is 12.7. The van der Waals surface area contributed by atoms with E-state index in [9.17, 15) is 0 Å². The lowest BCUT2D eigenvalue weighted by molar-refractivity contribution is -0.00760. The van der Waals surface area contributed by atoms with Gasteiger partial charge in [-0.25, -0.2) is 0 Å². The Morgan fingerprint density at radius 3 is 2.35 bits per heavy atom. The number of anilines is 1. The molecule has 2 N–H and O–H groups in total. The summed E-state index contributed by atoms with van der Waals surface area (Å²) in [7, 11) is 0. The van der Waals surface area contributed by atoms with Gasteiger partial charge in [0.2, 0.25) is 0 Å². The molecule has 1 aromatic rings. The quantitative estimate of drug-likeness (QED) is 0.819. The van der Waals surface area contributed by atoms with E-state index in [0.717, 1.165) is 24.3 Å². The van der Waals surface area contributed by atoms with Crippen LogP contribution in [-0.4, -0.2) is 16.7 Å². The predicted octanol–water partition coefficient (Wildman–Crippen LogP) is 3.63. The van der Waals surface area contributed by atoms with Gasteiger partial charge in [0.15, 0.2) is 5.82 Å². The van der Waals surface area contributed by atoms with Crippen LogP contribution in [0.25, 0.3) is 0 Å². The highest BCUT2D eigenvalue weighted by molar-refractivity contribution is 5.50. The van der Waals surface area contributed by atoms with Crippen molar-refractivity contribution in [1.82, 2.24) is 10.2 Å². The second kappa shape index (κ2) is 4.02. The van der Waals surface area contributed by atoms with E-state index >= 15 is 0 Å². The van der Waals surface area contributed by atoms with Gasteiger partial charge < -0.3 is 5.32 Å². The highest BCUT2D eigenvalue weighted by Gasteiger charge is 2.53. The Labute approximate surface area is 120 Å². The molecule has 0 aromatic carbocycles. The number of fused-ring (bicyclic) bond motifs is 1. The molecule has 4 aliphatic carbocycles. The van der Waals surface area contributed by atoms with Crippen molar-refractivity contribution in [2.45, 2.75) is 63.2 Å². The summed E-state index contributed by atoms with van der Waals surface area (Å²) >= 11 is 0. The average molecular weight is 271 g/mol. The van der Waals surface area contributed by atoms with Crippen LogP contribution < -0.4 is 5.32 Å². The van der Waals surface area contributed by atoms with E-state index in [1.54, 1.807) is 11.3 Å². The van der Waals surface area contributed by atoms with E-state index in [0.29, 0.717) is 5.41 Å². The van der Waals surface area contributed by atoms with Crippen molar-refractivity contribution in [2.24, 2.45) is 17.8 Å². The zero-order valence-electron chi connectivity index (χ0n) is 12.3. The molecule has 0 amide bonds. The molecule has 0 atom stereocenters. The molecule has 4 bridgehead atoms. The number of nitrogens with one attached hydrogen (secondary N) is 2. The first-order chi connectivity index (χ1) is 9.82. The number of hydrogen-bond acceptors (Lipinski definition) is 2. The highest BCUT2D eigenvalue weighted by Crippen LogP contribution is 2.61. The fourth-order valence-corrected chi connectivity index (χ4v) is 6.24. The van der Waals surface area contributed by atoms with E-state index in [2.05, 4.69) is 15.5 Å². The number of H-pyrrole nitrogens is 1. The van der Waals surface area contributed by atoms with Crippen molar-refractivity contribution >= 4 is 5.82 Å². The van der Waals surface area contributed by atoms with Crippen LogP contribution in [0.3, 0.4) is 0 Å². The SMILES string of the molecule is C1CCc2c(n[nH]c2C23CC4CC(CC(C4)C2)C3)NC1. The molecule has 5 aliphatic rings. The first kappa shape index (κ1) is 11.6. The van der Waals surface area contributed by atoms with Crippen LogP contribution in [-0.2, 0) is 11.8 Å². The van der Waals surface area contributed by atoms with Gasteiger partial charge in [0.1, 0.15) is 0 Å². The topological polar surface area (TPSA) is 40.7 Å². The summed E-state index contributed by atoms with van der Waals surface area (Å²) in [5, 5.41) is 11.7. The summed E-state index contributed by atoms with van der Waals surface area (Å²) in [4.78, 5) is 0. The predicted molar refractivity (Wildman–Crippen MR) is 79.9 cm³/mol. The van der Waals surface area contributed by atoms with Crippen LogP contribution in [0.5, 0.6) is 0 Å². The Balaban J connectivity index is 1.58. The van der Waals surface area contributed by atoms with E-state index in [4.69, 9.17) is 0 Å². The van der Waals surface area contributed by atoms with E-state index in [1.165, 1.54) is 63.6 Å². The van der Waals surface area contributed by atoms with Gasteiger partial charge in [0, 0.05) is 23.2 Å². The molecule has 4 fully saturated rings. The smallest absolute Gasteiger partial charge is 0.151 e. The maximum Gasteiger partial charge on any atom is 0.151 e. The maximum absolute atomic E-state index is 4.64. The largest absolute Gasteiger partial charge is 0.368 e. The summed E-state index contributed by atoms with van der Waals surface area (Å²) < 4.78 is 0. The van der Waals surface area contributed by atoms with Gasteiger partial charge in [-0.1, -0.05) is 0 Å². The molecule has 108 valence electrons. The molecule has 4 saturated carbocycles. The third kappa shape index (κ3) is 1.55. The molecule has 0 saturated heterocycles. The summed E-state index contributed by atoms with van der Waals surface area (Å²) in [6.45, 7) is 1.10. The summed E-state index contributed by atoms with van der Waals surface area (Å²) in [5.41, 5.74) is 3.56. The van der Waals surface area contributed by atoms with Gasteiger partial charge in [0.05, 0.1) is 0 Å². The number of hydrogen-bond donors (Lipinski definition) is 2. The minimum Gasteiger partial charge on any atom is -0.368 e. The minimum atomic E-state index is 0.474. The Morgan fingerprint density at radius 1 is 0.950 bits per heavy atom. The van der Waals surface area contributed by atoms with Crippen LogP contribution in [0.2, 0.25) is 0 Å². The maximum atomic E-state index is 4.64. The van der Waals surface area contributed by atoms with Crippen molar-refractivity contribution in [3.05, 3.63) is 11.3 Å². The van der Waals surface area contributed by atoms with Gasteiger partial charge in [-0.05, 0) is 75.5 Å². The van der Waals surface area contributed by atoms with Crippen LogP contribution in [0.15, 0.2) is 0 Å². The normalized spacial score (nSPS) is 42.1. The van der Waals surface area contributed by atoms with Crippen molar-refractivity contribution < 1.29 is 0 Å². The fraction of sp³-hybridized carbons (Fsp3) is 0.824. The lowest BCUT2D eigenvalue weighted by Gasteiger charge is -2.56. The standard InChI is InChI=1S/C17H25N3/c1-2-4-18-16-14(3-1)15(19-20-16)17-8-11-5-12(9-17)7-13(6-11)10-17/h11-13H,1-10H2,(H2,18,19,20). The average Bonchev–Trinajstić information content (AvgIpc) is 2.68. The van der Waals surface area contributed by atoms with Gasteiger partial charge in [-0.2, -0.15) is 5.10 Å². The molecule has 20 heavy (non-hydrogen) atoms. The van der Waals surface area contributed by atoms with E-state index in [1.807, 2.05) is 0 Å². The zero-order valence-corrected chi connectivity index (χ0v) is 12.3. The van der Waals surface area contributed by atoms with E-state index in [-0.39, 0.29) is 0 Å². The lowest BCUT2D eigenvalue weighted by atomic mass is 9.48. The molecular formula is C17H25N3. The van der Waals surface area contributed by atoms with Crippen molar-refractivity contribution in [1.29, 1.82) is 0 Å². The zero-order chi connectivity index (χ0) is 13.2.